The van der Waals surface area contributed by atoms with E-state index in [1.807, 2.05) is 6.20 Å². The lowest BCUT2D eigenvalue weighted by atomic mass is 9.89. The van der Waals surface area contributed by atoms with Crippen LogP contribution in [0.2, 0.25) is 0 Å². The minimum Gasteiger partial charge on any atom is -0.461 e. The predicted octanol–water partition coefficient (Wildman–Crippen LogP) is 2.80. The molecule has 7 heterocycles. The first-order valence-corrected chi connectivity index (χ1v) is 17.8. The fourth-order valence-electron chi connectivity index (χ4n) is 8.76. The Balaban J connectivity index is 1.10. The Morgan fingerprint density at radius 2 is 1.96 bits per heavy atom. The lowest BCUT2D eigenvalue weighted by Gasteiger charge is -2.41. The van der Waals surface area contributed by atoms with E-state index < -0.39 is 21.9 Å². The van der Waals surface area contributed by atoms with Crippen LogP contribution >= 0.6 is 0 Å². The van der Waals surface area contributed by atoms with Crippen molar-refractivity contribution in [3.05, 3.63) is 47.8 Å². The Labute approximate surface area is 266 Å². The maximum absolute atomic E-state index is 14.5. The SMILES string of the molecule is O=S1(=O)NCC2(CCCN(c3nc(OC[C@@]45CCCN4C[C@H](F)C5)nc4c3CCN(c3c5ccccc5cc5[nH]ncc35)C4)C2)N1. The van der Waals surface area contributed by atoms with E-state index in [2.05, 4.69) is 64.7 Å². The van der Waals surface area contributed by atoms with Gasteiger partial charge in [0.15, 0.2) is 0 Å². The molecule has 0 aliphatic carbocycles. The summed E-state index contributed by atoms with van der Waals surface area (Å²) in [6.07, 6.45) is 5.77. The van der Waals surface area contributed by atoms with E-state index in [0.29, 0.717) is 45.2 Å². The number of piperidine rings is 1. The summed E-state index contributed by atoms with van der Waals surface area (Å²) >= 11 is 0. The van der Waals surface area contributed by atoms with Crippen molar-refractivity contribution in [3.63, 3.8) is 0 Å². The highest BCUT2D eigenvalue weighted by Crippen LogP contribution is 2.42. The third kappa shape index (κ3) is 4.71. The summed E-state index contributed by atoms with van der Waals surface area (Å²) in [5.41, 5.74) is 3.18. The zero-order valence-corrected chi connectivity index (χ0v) is 26.5. The molecule has 12 nitrogen and oxygen atoms in total. The molecule has 46 heavy (non-hydrogen) atoms. The van der Waals surface area contributed by atoms with Crippen LogP contribution < -0.4 is 24.0 Å². The monoisotopic (exact) mass is 647 g/mol. The van der Waals surface area contributed by atoms with Crippen molar-refractivity contribution in [1.29, 1.82) is 0 Å². The number of nitrogens with zero attached hydrogens (tertiary/aromatic N) is 6. The molecule has 3 atom stereocenters. The number of anilines is 2. The molecule has 9 rings (SSSR count). The van der Waals surface area contributed by atoms with Crippen molar-refractivity contribution in [3.8, 4) is 6.01 Å². The number of benzene rings is 2. The average molecular weight is 648 g/mol. The quantitative estimate of drug-likeness (QED) is 0.299. The Hall–Kier alpha value is -3.59. The average Bonchev–Trinajstić information content (AvgIpc) is 3.80. The van der Waals surface area contributed by atoms with Crippen molar-refractivity contribution in [2.24, 2.45) is 0 Å². The summed E-state index contributed by atoms with van der Waals surface area (Å²) in [6.45, 7) is 4.64. The number of H-pyrrole nitrogens is 1. The van der Waals surface area contributed by atoms with Gasteiger partial charge in [-0.05, 0) is 50.1 Å². The van der Waals surface area contributed by atoms with Gasteiger partial charge in [0.05, 0.1) is 40.7 Å². The van der Waals surface area contributed by atoms with Crippen LogP contribution in [0, 0.1) is 0 Å². The van der Waals surface area contributed by atoms with E-state index in [-0.39, 0.29) is 5.54 Å². The number of nitrogens with one attached hydrogen (secondary N) is 3. The number of alkyl halides is 1. The molecule has 3 N–H and O–H groups in total. The topological polar surface area (TPSA) is 132 Å². The minimum absolute atomic E-state index is 0.301. The van der Waals surface area contributed by atoms with Gasteiger partial charge in [0.2, 0.25) is 0 Å². The number of fused-ring (bicyclic) bond motifs is 4. The van der Waals surface area contributed by atoms with E-state index in [0.717, 1.165) is 96.2 Å². The third-order valence-electron chi connectivity index (χ3n) is 10.8. The highest BCUT2D eigenvalue weighted by atomic mass is 32.2. The second-order valence-electron chi connectivity index (χ2n) is 13.8. The molecule has 1 unspecified atom stereocenters. The van der Waals surface area contributed by atoms with E-state index in [9.17, 15) is 12.8 Å². The van der Waals surface area contributed by atoms with Crippen LogP contribution in [0.3, 0.4) is 0 Å². The fraction of sp³-hybridized carbons (Fsp3) is 0.531. The largest absolute Gasteiger partial charge is 0.461 e. The number of aromatic amines is 1. The number of ether oxygens (including phenoxy) is 1. The second-order valence-corrected chi connectivity index (χ2v) is 15.3. The molecule has 4 aromatic rings. The van der Waals surface area contributed by atoms with Crippen LogP contribution in [-0.4, -0.2) is 96.6 Å². The van der Waals surface area contributed by atoms with Crippen LogP contribution in [0.15, 0.2) is 36.5 Å². The Morgan fingerprint density at radius 1 is 1.07 bits per heavy atom. The van der Waals surface area contributed by atoms with Gasteiger partial charge in [0, 0.05) is 55.5 Å². The third-order valence-corrected chi connectivity index (χ3v) is 12.1. The standard InChI is InChI=1S/C32H38FN9O3S/c33-22-14-32(9-4-11-42(32)16-22)20-45-30-36-27-17-40(28-23-6-2-1-5-21(23)13-26-25(28)15-34-38-26)12-7-24(27)29(37-30)41-10-3-8-31(19-41)18-35-46(43,44)39-31/h1-2,5-6,13,15,22,35,39H,3-4,7-12,14,16-20H2,(H,34,38)/t22-,31?,32+/m1/s1. The molecule has 5 aliphatic heterocycles. The number of rotatable bonds is 5. The molecule has 2 aromatic carbocycles. The minimum atomic E-state index is -3.52. The maximum Gasteiger partial charge on any atom is 0.318 e. The molecule has 4 saturated heterocycles. The van der Waals surface area contributed by atoms with Crippen LogP contribution in [0.1, 0.15) is 43.4 Å². The van der Waals surface area contributed by atoms with Gasteiger partial charge in [0.25, 0.3) is 10.2 Å². The van der Waals surface area contributed by atoms with Crippen molar-refractivity contribution >= 4 is 43.4 Å². The predicted molar refractivity (Wildman–Crippen MR) is 173 cm³/mol. The van der Waals surface area contributed by atoms with Crippen molar-refractivity contribution < 1.29 is 17.5 Å². The van der Waals surface area contributed by atoms with Gasteiger partial charge >= 0.3 is 6.01 Å². The lowest BCUT2D eigenvalue weighted by Crippen LogP contribution is -2.57. The van der Waals surface area contributed by atoms with Crippen LogP contribution in [-0.2, 0) is 23.2 Å². The molecule has 0 bridgehead atoms. The first kappa shape index (κ1) is 28.6. The molecule has 14 heteroatoms. The van der Waals surface area contributed by atoms with Gasteiger partial charge in [-0.3, -0.25) is 10.00 Å². The molecule has 2 aromatic heterocycles. The smallest absolute Gasteiger partial charge is 0.318 e. The summed E-state index contributed by atoms with van der Waals surface area (Å²) < 4.78 is 51.3. The van der Waals surface area contributed by atoms with E-state index in [4.69, 9.17) is 14.7 Å². The normalized spacial score (nSPS) is 29.2. The van der Waals surface area contributed by atoms with Gasteiger partial charge in [-0.25, -0.2) is 9.11 Å². The van der Waals surface area contributed by atoms with Crippen molar-refractivity contribution in [2.45, 2.75) is 62.3 Å². The molecule has 1 spiro atoms. The van der Waals surface area contributed by atoms with Gasteiger partial charge in [-0.15, -0.1) is 0 Å². The van der Waals surface area contributed by atoms with E-state index in [1.54, 1.807) is 0 Å². The van der Waals surface area contributed by atoms with Crippen molar-refractivity contribution in [2.75, 3.05) is 55.7 Å². The molecular formula is C32H38FN9O3S. The fourth-order valence-corrected chi connectivity index (χ4v) is 10.1. The molecule has 242 valence electrons. The molecular weight excluding hydrogens is 609 g/mol. The first-order chi connectivity index (χ1) is 22.3. The summed E-state index contributed by atoms with van der Waals surface area (Å²) in [4.78, 5) is 16.9. The molecule has 5 aliphatic rings. The molecule has 0 radical (unpaired) electrons. The number of aromatic nitrogens is 4. The summed E-state index contributed by atoms with van der Waals surface area (Å²) in [6, 6.07) is 10.8. The van der Waals surface area contributed by atoms with Crippen LogP contribution in [0.5, 0.6) is 6.01 Å². The number of hydrogen-bond donors (Lipinski definition) is 3. The first-order valence-electron chi connectivity index (χ1n) is 16.3. The highest BCUT2D eigenvalue weighted by Gasteiger charge is 2.50. The Morgan fingerprint density at radius 3 is 2.85 bits per heavy atom. The van der Waals surface area contributed by atoms with Gasteiger partial charge in [-0.1, -0.05) is 24.3 Å². The van der Waals surface area contributed by atoms with Crippen LogP contribution in [0.4, 0.5) is 15.9 Å². The van der Waals surface area contributed by atoms with Gasteiger partial charge in [0.1, 0.15) is 18.6 Å². The number of hydrogen-bond acceptors (Lipinski definition) is 9. The molecule has 0 amide bonds. The highest BCUT2D eigenvalue weighted by molar-refractivity contribution is 7.87. The lowest BCUT2D eigenvalue weighted by molar-refractivity contribution is 0.107. The summed E-state index contributed by atoms with van der Waals surface area (Å²) in [7, 11) is -3.52. The van der Waals surface area contributed by atoms with E-state index >= 15 is 0 Å². The van der Waals surface area contributed by atoms with Crippen molar-refractivity contribution in [1.82, 2.24) is 34.5 Å². The van der Waals surface area contributed by atoms with E-state index in [1.165, 1.54) is 0 Å². The van der Waals surface area contributed by atoms with Crippen LogP contribution in [0.25, 0.3) is 21.7 Å². The second kappa shape index (κ2) is 10.5. The van der Waals surface area contributed by atoms with Gasteiger partial charge < -0.3 is 14.5 Å². The number of halogens is 1. The summed E-state index contributed by atoms with van der Waals surface area (Å²) in [5.74, 6) is 0.812. The zero-order valence-electron chi connectivity index (χ0n) is 25.6. The maximum atomic E-state index is 14.5. The Kier molecular flexibility index (Phi) is 6.51. The Bertz CT molecular complexity index is 1960. The molecule has 0 saturated carbocycles. The summed E-state index contributed by atoms with van der Waals surface area (Å²) in [5, 5.41) is 10.9. The zero-order chi connectivity index (χ0) is 31.1. The van der Waals surface area contributed by atoms with Gasteiger partial charge in [-0.2, -0.15) is 28.2 Å². The molecule has 4 fully saturated rings.